The predicted octanol–water partition coefficient (Wildman–Crippen LogP) is 4.98. The minimum Gasteiger partial charge on any atom is -0.354 e. The monoisotopic (exact) mass is 426 g/mol. The maximum atomic E-state index is 13.1. The molecule has 4 nitrogen and oxygen atoms in total. The Balaban J connectivity index is 2.06. The highest BCUT2D eigenvalue weighted by Crippen LogP contribution is 2.21. The van der Waals surface area contributed by atoms with Gasteiger partial charge in [0.2, 0.25) is 11.8 Å². The summed E-state index contributed by atoms with van der Waals surface area (Å²) in [6, 6.07) is 15.8. The average Bonchev–Trinajstić information content (AvgIpc) is 2.72. The van der Waals surface area contributed by atoms with Crippen LogP contribution in [0.15, 0.2) is 53.4 Å². The lowest BCUT2D eigenvalue weighted by molar-refractivity contribution is -0.140. The zero-order chi connectivity index (χ0) is 22.1. The quantitative estimate of drug-likeness (QED) is 0.546. The van der Waals surface area contributed by atoms with Crippen LogP contribution in [-0.4, -0.2) is 35.1 Å². The summed E-state index contributed by atoms with van der Waals surface area (Å²) in [5.41, 5.74) is 3.42. The van der Waals surface area contributed by atoms with Crippen LogP contribution in [0.4, 0.5) is 0 Å². The van der Waals surface area contributed by atoms with Crippen LogP contribution >= 0.6 is 11.8 Å². The van der Waals surface area contributed by atoms with Gasteiger partial charge in [0.15, 0.2) is 0 Å². The second-order valence-electron chi connectivity index (χ2n) is 8.17. The number of hydrogen-bond acceptors (Lipinski definition) is 3. The fraction of sp³-hybridized carbons (Fsp3) is 0.440. The molecule has 0 aliphatic carbocycles. The molecule has 1 N–H and O–H groups in total. The van der Waals surface area contributed by atoms with Crippen molar-refractivity contribution in [1.29, 1.82) is 0 Å². The Bertz CT molecular complexity index is 833. The number of thioether (sulfide) groups is 1. The van der Waals surface area contributed by atoms with E-state index >= 15 is 0 Å². The topological polar surface area (TPSA) is 49.4 Å². The highest BCUT2D eigenvalue weighted by Gasteiger charge is 2.26. The molecule has 0 saturated carbocycles. The van der Waals surface area contributed by atoms with Crippen LogP contribution in [-0.2, 0) is 16.1 Å². The third-order valence-corrected chi connectivity index (χ3v) is 6.07. The number of nitrogens with zero attached hydrogens (tertiary/aromatic N) is 1. The molecule has 2 aromatic carbocycles. The van der Waals surface area contributed by atoms with E-state index in [-0.39, 0.29) is 11.8 Å². The van der Waals surface area contributed by atoms with Crippen LogP contribution in [0.5, 0.6) is 0 Å². The van der Waals surface area contributed by atoms with Crippen molar-refractivity contribution in [3.63, 3.8) is 0 Å². The maximum absolute atomic E-state index is 13.1. The van der Waals surface area contributed by atoms with Crippen molar-refractivity contribution in [3.8, 4) is 0 Å². The second-order valence-corrected chi connectivity index (χ2v) is 9.34. The van der Waals surface area contributed by atoms with Crippen LogP contribution in [0.2, 0.25) is 0 Å². The van der Waals surface area contributed by atoms with Gasteiger partial charge in [0.1, 0.15) is 6.04 Å². The molecule has 2 aromatic rings. The first-order valence-electron chi connectivity index (χ1n) is 10.6. The largest absolute Gasteiger partial charge is 0.354 e. The number of hydrogen-bond donors (Lipinski definition) is 1. The summed E-state index contributed by atoms with van der Waals surface area (Å²) in [7, 11) is 0. The molecule has 0 aliphatic rings. The number of carbonyl (C=O) groups excluding carboxylic acids is 2. The molecule has 0 bridgehead atoms. The number of benzene rings is 2. The molecule has 162 valence electrons. The summed E-state index contributed by atoms with van der Waals surface area (Å²) in [5, 5.41) is 2.97. The van der Waals surface area contributed by atoms with Crippen molar-refractivity contribution in [1.82, 2.24) is 10.2 Å². The molecule has 1 atom stereocenters. The van der Waals surface area contributed by atoms with Gasteiger partial charge in [-0.3, -0.25) is 9.59 Å². The molecular weight excluding hydrogens is 392 g/mol. The van der Waals surface area contributed by atoms with E-state index in [0.29, 0.717) is 31.2 Å². The van der Waals surface area contributed by atoms with Crippen LogP contribution < -0.4 is 5.32 Å². The third-order valence-electron chi connectivity index (χ3n) is 5.06. The highest BCUT2D eigenvalue weighted by molar-refractivity contribution is 7.99. The van der Waals surface area contributed by atoms with Crippen molar-refractivity contribution >= 4 is 23.6 Å². The molecule has 0 radical (unpaired) electrons. The molecule has 5 heteroatoms. The third kappa shape index (κ3) is 7.52. The Morgan fingerprint density at radius 1 is 1.00 bits per heavy atom. The van der Waals surface area contributed by atoms with Crippen molar-refractivity contribution in [2.75, 3.05) is 12.3 Å². The second kappa shape index (κ2) is 11.8. The highest BCUT2D eigenvalue weighted by atomic mass is 32.2. The number of aryl methyl sites for hydroxylation is 2. The van der Waals surface area contributed by atoms with E-state index < -0.39 is 6.04 Å². The fourth-order valence-electron chi connectivity index (χ4n) is 3.04. The van der Waals surface area contributed by atoms with Gasteiger partial charge in [0.05, 0.1) is 0 Å². The number of carbonyl (C=O) groups is 2. The van der Waals surface area contributed by atoms with Gasteiger partial charge in [0.25, 0.3) is 0 Å². The summed E-state index contributed by atoms with van der Waals surface area (Å²) in [6.45, 7) is 11.1. The molecule has 0 spiro atoms. The molecule has 0 aromatic heterocycles. The number of nitrogens with one attached hydrogen (secondary N) is 1. The molecule has 0 fully saturated rings. The van der Waals surface area contributed by atoms with Crippen LogP contribution in [0.3, 0.4) is 0 Å². The molecule has 0 heterocycles. The summed E-state index contributed by atoms with van der Waals surface area (Å²) < 4.78 is 0. The first-order chi connectivity index (χ1) is 14.3. The van der Waals surface area contributed by atoms with E-state index in [0.717, 1.165) is 16.0 Å². The Hall–Kier alpha value is -2.27. The van der Waals surface area contributed by atoms with Gasteiger partial charge in [-0.15, -0.1) is 11.8 Å². The normalized spacial score (nSPS) is 11.9. The molecule has 0 aliphatic heterocycles. The summed E-state index contributed by atoms with van der Waals surface area (Å²) in [6.07, 6.45) is 0.395. The Morgan fingerprint density at radius 3 is 2.30 bits per heavy atom. The number of amides is 2. The van der Waals surface area contributed by atoms with Gasteiger partial charge in [0, 0.05) is 30.2 Å². The SMILES string of the molecule is Cc1ccc(SCCC(=O)N(Cc2ccccc2C)C(C)C(=O)NCC(C)C)cc1. The lowest BCUT2D eigenvalue weighted by atomic mass is 10.1. The van der Waals surface area contributed by atoms with E-state index in [2.05, 4.69) is 50.4 Å². The number of rotatable bonds is 10. The summed E-state index contributed by atoms with van der Waals surface area (Å²) in [5.74, 6) is 0.960. The maximum Gasteiger partial charge on any atom is 0.242 e. The molecule has 0 saturated heterocycles. The molecule has 30 heavy (non-hydrogen) atoms. The molecular formula is C25H34N2O2S. The lowest BCUT2D eigenvalue weighted by Crippen LogP contribution is -2.48. The van der Waals surface area contributed by atoms with E-state index in [1.807, 2.05) is 38.1 Å². The fourth-order valence-corrected chi connectivity index (χ4v) is 3.88. The molecule has 2 rings (SSSR count). The molecule has 2 amide bonds. The van der Waals surface area contributed by atoms with Gasteiger partial charge in [-0.25, -0.2) is 0 Å². The zero-order valence-electron chi connectivity index (χ0n) is 18.8. The van der Waals surface area contributed by atoms with Gasteiger partial charge in [-0.2, -0.15) is 0 Å². The minimum absolute atomic E-state index is 0.00469. The van der Waals surface area contributed by atoms with E-state index in [4.69, 9.17) is 0 Å². The Labute approximate surface area is 185 Å². The average molecular weight is 427 g/mol. The zero-order valence-corrected chi connectivity index (χ0v) is 19.6. The molecule has 1 unspecified atom stereocenters. The van der Waals surface area contributed by atoms with E-state index in [9.17, 15) is 9.59 Å². The lowest BCUT2D eigenvalue weighted by Gasteiger charge is -2.29. The van der Waals surface area contributed by atoms with Crippen LogP contribution in [0.25, 0.3) is 0 Å². The van der Waals surface area contributed by atoms with Gasteiger partial charge in [-0.05, 0) is 49.9 Å². The predicted molar refractivity (Wildman–Crippen MR) is 126 cm³/mol. The summed E-state index contributed by atoms with van der Waals surface area (Å²) >= 11 is 1.67. The summed E-state index contributed by atoms with van der Waals surface area (Å²) in [4.78, 5) is 28.7. The van der Waals surface area contributed by atoms with Gasteiger partial charge >= 0.3 is 0 Å². The Kier molecular flexibility index (Phi) is 9.44. The minimum atomic E-state index is -0.514. The van der Waals surface area contributed by atoms with Crippen molar-refractivity contribution < 1.29 is 9.59 Å². The Morgan fingerprint density at radius 2 is 1.67 bits per heavy atom. The van der Waals surface area contributed by atoms with Crippen LogP contribution in [0, 0.1) is 19.8 Å². The van der Waals surface area contributed by atoms with E-state index in [1.54, 1.807) is 16.7 Å². The smallest absolute Gasteiger partial charge is 0.242 e. The standard InChI is InChI=1S/C25H34N2O2S/c1-18(2)16-26-25(29)21(5)27(17-22-9-7-6-8-20(22)4)24(28)14-15-30-23-12-10-19(3)11-13-23/h6-13,18,21H,14-17H2,1-5H3,(H,26,29). The first kappa shape index (κ1) is 24.0. The van der Waals surface area contributed by atoms with Gasteiger partial charge < -0.3 is 10.2 Å². The first-order valence-corrected chi connectivity index (χ1v) is 11.6. The van der Waals surface area contributed by atoms with Crippen molar-refractivity contribution in [2.45, 2.75) is 58.5 Å². The van der Waals surface area contributed by atoms with Crippen molar-refractivity contribution in [2.24, 2.45) is 5.92 Å². The van der Waals surface area contributed by atoms with Crippen LogP contribution in [0.1, 0.15) is 43.9 Å². The van der Waals surface area contributed by atoms with Gasteiger partial charge in [-0.1, -0.05) is 55.8 Å². The van der Waals surface area contributed by atoms with Crippen molar-refractivity contribution in [3.05, 3.63) is 65.2 Å². The van der Waals surface area contributed by atoms with E-state index in [1.165, 1.54) is 5.56 Å².